The monoisotopic (exact) mass is 299 g/mol. The number of carbonyl (C=O) groups excluding carboxylic acids is 1. The Bertz CT molecular complexity index is 801. The molecule has 21 heavy (non-hydrogen) atoms. The van der Waals surface area contributed by atoms with Crippen LogP contribution in [0.5, 0.6) is 0 Å². The average molecular weight is 299 g/mol. The highest BCUT2D eigenvalue weighted by atomic mass is 32.1. The van der Waals surface area contributed by atoms with Crippen LogP contribution in [0.3, 0.4) is 0 Å². The summed E-state index contributed by atoms with van der Waals surface area (Å²) in [5.74, 6) is 0.463. The third kappa shape index (κ3) is 2.56. The number of rotatable bonds is 3. The van der Waals surface area contributed by atoms with Crippen LogP contribution in [-0.4, -0.2) is 15.5 Å². The fraction of sp³-hybridized carbons (Fsp3) is 0.250. The van der Waals surface area contributed by atoms with Gasteiger partial charge in [-0.2, -0.15) is 0 Å². The summed E-state index contributed by atoms with van der Waals surface area (Å²) in [5, 5.41) is 4.93. The van der Waals surface area contributed by atoms with Crippen molar-refractivity contribution in [1.82, 2.24) is 9.55 Å². The number of anilines is 1. The lowest BCUT2D eigenvalue weighted by Crippen LogP contribution is -2.18. The Morgan fingerprint density at radius 3 is 2.86 bits per heavy atom. The molecule has 0 fully saturated rings. The second-order valence-corrected chi connectivity index (χ2v) is 6.28. The molecule has 5 heteroatoms. The van der Waals surface area contributed by atoms with Crippen molar-refractivity contribution >= 4 is 33.3 Å². The van der Waals surface area contributed by atoms with E-state index in [1.54, 1.807) is 17.5 Å². The highest BCUT2D eigenvalue weighted by Crippen LogP contribution is 2.28. The lowest BCUT2D eigenvalue weighted by atomic mass is 10.3. The van der Waals surface area contributed by atoms with Crippen molar-refractivity contribution in [3.63, 3.8) is 0 Å². The zero-order valence-electron chi connectivity index (χ0n) is 12.3. The molecule has 3 aromatic rings. The van der Waals surface area contributed by atoms with E-state index in [1.165, 1.54) is 0 Å². The van der Waals surface area contributed by atoms with Gasteiger partial charge in [-0.15, -0.1) is 11.3 Å². The molecule has 0 aliphatic heterocycles. The summed E-state index contributed by atoms with van der Waals surface area (Å²) in [4.78, 5) is 16.7. The van der Waals surface area contributed by atoms with Crippen LogP contribution in [0.4, 0.5) is 5.82 Å². The molecular formula is C16H17N3OS. The van der Waals surface area contributed by atoms with Crippen molar-refractivity contribution in [2.24, 2.45) is 0 Å². The van der Waals surface area contributed by atoms with E-state index in [0.29, 0.717) is 11.5 Å². The number of thiophene rings is 1. The quantitative estimate of drug-likeness (QED) is 0.786. The first-order valence-corrected chi connectivity index (χ1v) is 7.76. The summed E-state index contributed by atoms with van der Waals surface area (Å²) in [6.07, 6.45) is 1.70. The molecule has 1 amide bonds. The van der Waals surface area contributed by atoms with E-state index in [4.69, 9.17) is 0 Å². The van der Waals surface area contributed by atoms with Gasteiger partial charge < -0.3 is 9.88 Å². The Labute approximate surface area is 127 Å². The summed E-state index contributed by atoms with van der Waals surface area (Å²) < 4.78 is 3.20. The van der Waals surface area contributed by atoms with E-state index >= 15 is 0 Å². The van der Waals surface area contributed by atoms with Crippen molar-refractivity contribution in [3.05, 3.63) is 47.1 Å². The maximum absolute atomic E-state index is 12.6. The minimum absolute atomic E-state index is 0.120. The topological polar surface area (TPSA) is 46.9 Å². The highest BCUT2D eigenvalue weighted by Gasteiger charge is 2.18. The van der Waals surface area contributed by atoms with E-state index in [-0.39, 0.29) is 11.9 Å². The van der Waals surface area contributed by atoms with E-state index in [0.717, 1.165) is 15.8 Å². The Hall–Kier alpha value is -2.14. The molecule has 0 radical (unpaired) electrons. The fourth-order valence-corrected chi connectivity index (χ4v) is 3.27. The van der Waals surface area contributed by atoms with E-state index in [1.807, 2.05) is 30.5 Å². The maximum Gasteiger partial charge on any atom is 0.273 e. The molecule has 0 atom stereocenters. The van der Waals surface area contributed by atoms with Gasteiger partial charge in [-0.25, -0.2) is 4.98 Å². The van der Waals surface area contributed by atoms with Crippen LogP contribution >= 0.6 is 11.3 Å². The zero-order valence-corrected chi connectivity index (χ0v) is 13.1. The van der Waals surface area contributed by atoms with Crippen LogP contribution < -0.4 is 5.32 Å². The molecule has 0 aliphatic carbocycles. The Morgan fingerprint density at radius 1 is 1.33 bits per heavy atom. The number of carbonyl (C=O) groups is 1. The largest absolute Gasteiger partial charge is 0.333 e. The summed E-state index contributed by atoms with van der Waals surface area (Å²) in [7, 11) is 0. The number of fused-ring (bicyclic) bond motifs is 1. The molecule has 0 spiro atoms. The molecule has 1 N–H and O–H groups in total. The van der Waals surface area contributed by atoms with Crippen LogP contribution in [-0.2, 0) is 0 Å². The average Bonchev–Trinajstić information content (AvgIpc) is 2.97. The summed E-state index contributed by atoms with van der Waals surface area (Å²) in [6, 6.07) is 8.00. The first kappa shape index (κ1) is 13.8. The van der Waals surface area contributed by atoms with Crippen molar-refractivity contribution in [2.75, 3.05) is 5.32 Å². The molecule has 3 heterocycles. The molecule has 0 aromatic carbocycles. The van der Waals surface area contributed by atoms with Crippen molar-refractivity contribution in [2.45, 2.75) is 26.8 Å². The first-order chi connectivity index (χ1) is 10.1. The van der Waals surface area contributed by atoms with Gasteiger partial charge in [-0.1, -0.05) is 0 Å². The smallest absolute Gasteiger partial charge is 0.273 e. The second-order valence-electron chi connectivity index (χ2n) is 5.34. The van der Waals surface area contributed by atoms with E-state index < -0.39 is 0 Å². The third-order valence-electron chi connectivity index (χ3n) is 3.37. The number of nitrogens with zero attached hydrogens (tertiary/aromatic N) is 2. The minimum atomic E-state index is -0.120. The van der Waals surface area contributed by atoms with Gasteiger partial charge in [-0.3, -0.25) is 4.79 Å². The van der Waals surface area contributed by atoms with Gasteiger partial charge in [0.25, 0.3) is 5.91 Å². The van der Waals surface area contributed by atoms with Gasteiger partial charge in [0.05, 0.1) is 10.2 Å². The summed E-state index contributed by atoms with van der Waals surface area (Å²) in [5.41, 5.74) is 2.85. The van der Waals surface area contributed by atoms with E-state index in [2.05, 4.69) is 34.8 Å². The molecule has 108 valence electrons. The van der Waals surface area contributed by atoms with Gasteiger partial charge in [0.15, 0.2) is 0 Å². The second kappa shape index (κ2) is 5.33. The normalized spacial score (nSPS) is 11.2. The number of aryl methyl sites for hydroxylation is 1. The van der Waals surface area contributed by atoms with Crippen LogP contribution in [0, 0.1) is 6.92 Å². The zero-order chi connectivity index (χ0) is 15.0. The van der Waals surface area contributed by atoms with Crippen LogP contribution in [0.15, 0.2) is 35.8 Å². The standard InChI is InChI=1S/C16H17N3OS/c1-10(2)19-12-5-7-21-14(12)9-13(19)16(20)18-15-8-11(3)4-6-17-15/h4-10H,1-3H3,(H,17,18,20). The molecule has 3 aromatic heterocycles. The molecule has 3 rings (SSSR count). The Kier molecular flexibility index (Phi) is 3.51. The number of amides is 1. The first-order valence-electron chi connectivity index (χ1n) is 6.88. The molecular weight excluding hydrogens is 282 g/mol. The van der Waals surface area contributed by atoms with E-state index in [9.17, 15) is 4.79 Å². The summed E-state index contributed by atoms with van der Waals surface area (Å²) in [6.45, 7) is 6.14. The lowest BCUT2D eigenvalue weighted by molar-refractivity contribution is 0.101. The Morgan fingerprint density at radius 2 is 2.14 bits per heavy atom. The van der Waals surface area contributed by atoms with Crippen molar-refractivity contribution in [1.29, 1.82) is 0 Å². The summed E-state index contributed by atoms with van der Waals surface area (Å²) >= 11 is 1.65. The number of nitrogens with one attached hydrogen (secondary N) is 1. The highest BCUT2D eigenvalue weighted by molar-refractivity contribution is 7.17. The molecule has 0 bridgehead atoms. The number of aromatic nitrogens is 2. The number of hydrogen-bond donors (Lipinski definition) is 1. The maximum atomic E-state index is 12.6. The van der Waals surface area contributed by atoms with Gasteiger partial charge >= 0.3 is 0 Å². The van der Waals surface area contributed by atoms with Gasteiger partial charge in [0.1, 0.15) is 11.5 Å². The SMILES string of the molecule is Cc1ccnc(NC(=O)c2cc3sccc3n2C(C)C)c1. The van der Waals surface area contributed by atoms with Crippen LogP contribution in [0.25, 0.3) is 10.2 Å². The fourth-order valence-electron chi connectivity index (χ4n) is 2.46. The molecule has 4 nitrogen and oxygen atoms in total. The van der Waals surface area contributed by atoms with Gasteiger partial charge in [0.2, 0.25) is 0 Å². The predicted octanol–water partition coefficient (Wildman–Crippen LogP) is 4.24. The predicted molar refractivity (Wildman–Crippen MR) is 87.1 cm³/mol. The molecule has 0 aliphatic rings. The minimum Gasteiger partial charge on any atom is -0.333 e. The third-order valence-corrected chi connectivity index (χ3v) is 4.22. The van der Waals surface area contributed by atoms with Crippen LogP contribution in [0.2, 0.25) is 0 Å². The van der Waals surface area contributed by atoms with Gasteiger partial charge in [-0.05, 0) is 56.0 Å². The molecule has 0 unspecified atom stereocenters. The van der Waals surface area contributed by atoms with Crippen molar-refractivity contribution < 1.29 is 4.79 Å². The molecule has 0 saturated carbocycles. The number of pyridine rings is 1. The molecule has 0 saturated heterocycles. The number of hydrogen-bond acceptors (Lipinski definition) is 3. The lowest BCUT2D eigenvalue weighted by Gasteiger charge is -2.13. The Balaban J connectivity index is 1.97. The van der Waals surface area contributed by atoms with Crippen LogP contribution in [0.1, 0.15) is 35.9 Å². The van der Waals surface area contributed by atoms with Crippen molar-refractivity contribution in [3.8, 4) is 0 Å². The van der Waals surface area contributed by atoms with Gasteiger partial charge in [0, 0.05) is 12.2 Å².